The molecule has 0 aliphatic carbocycles. The average molecular weight is 361 g/mol. The van der Waals surface area contributed by atoms with Crippen LogP contribution in [0.1, 0.15) is 31.2 Å². The minimum atomic E-state index is -0.259. The third kappa shape index (κ3) is 5.27. The Morgan fingerprint density at radius 2 is 1.35 bits per heavy atom. The molecule has 3 rings (SSSR count). The Morgan fingerprint density at radius 1 is 0.808 bits per heavy atom. The fourth-order valence-corrected chi connectivity index (χ4v) is 3.68. The van der Waals surface area contributed by atoms with E-state index in [0.717, 1.165) is 25.2 Å². The predicted molar refractivity (Wildman–Crippen MR) is 98.2 cm³/mol. The van der Waals surface area contributed by atoms with E-state index in [1.165, 1.54) is 25.0 Å². The molecule has 2 aliphatic rings. The van der Waals surface area contributed by atoms with Gasteiger partial charge in [0.2, 0.25) is 11.8 Å². The lowest BCUT2D eigenvalue weighted by Crippen LogP contribution is -2.51. The van der Waals surface area contributed by atoms with Gasteiger partial charge in [-0.3, -0.25) is 9.59 Å². The van der Waals surface area contributed by atoms with Crippen molar-refractivity contribution in [1.29, 1.82) is 0 Å². The lowest BCUT2D eigenvalue weighted by molar-refractivity contribution is -0.139. The maximum Gasteiger partial charge on any atom is 0.223 e. The van der Waals surface area contributed by atoms with Crippen LogP contribution in [-0.4, -0.2) is 72.3 Å². The van der Waals surface area contributed by atoms with Gasteiger partial charge in [0.1, 0.15) is 5.82 Å². The van der Waals surface area contributed by atoms with Gasteiger partial charge in [0, 0.05) is 45.6 Å². The monoisotopic (exact) mass is 361 g/mol. The second-order valence-electron chi connectivity index (χ2n) is 7.19. The van der Waals surface area contributed by atoms with Crippen LogP contribution in [0.2, 0.25) is 0 Å². The van der Waals surface area contributed by atoms with Crippen molar-refractivity contribution in [2.75, 3.05) is 45.8 Å². The zero-order valence-corrected chi connectivity index (χ0v) is 15.3. The van der Waals surface area contributed by atoms with Crippen molar-refractivity contribution < 1.29 is 14.0 Å². The van der Waals surface area contributed by atoms with Crippen LogP contribution in [0.3, 0.4) is 0 Å². The summed E-state index contributed by atoms with van der Waals surface area (Å²) in [6.45, 7) is 5.56. The fraction of sp³-hybridized carbons (Fsp3) is 0.600. The number of likely N-dealkylation sites (tertiary alicyclic amines) is 1. The van der Waals surface area contributed by atoms with Gasteiger partial charge in [-0.1, -0.05) is 12.1 Å². The Labute approximate surface area is 154 Å². The van der Waals surface area contributed by atoms with Gasteiger partial charge in [0.25, 0.3) is 0 Å². The van der Waals surface area contributed by atoms with Gasteiger partial charge in [-0.05, 0) is 50.0 Å². The molecule has 5 nitrogen and oxygen atoms in total. The standard InChI is InChI=1S/C20H28FN3O2/c21-18-6-3-17(4-7-18)5-8-19(25)23-13-15-24(16-14-23)20(26)9-12-22-10-1-2-11-22/h3-4,6-7H,1-2,5,8-16H2. The number of carbonyl (C=O) groups excluding carboxylic acids is 2. The first-order valence-corrected chi connectivity index (χ1v) is 9.64. The van der Waals surface area contributed by atoms with E-state index in [1.54, 1.807) is 12.1 Å². The van der Waals surface area contributed by atoms with Crippen LogP contribution in [0, 0.1) is 5.82 Å². The molecule has 2 saturated heterocycles. The van der Waals surface area contributed by atoms with E-state index in [9.17, 15) is 14.0 Å². The third-order valence-electron chi connectivity index (χ3n) is 5.37. The topological polar surface area (TPSA) is 43.9 Å². The van der Waals surface area contributed by atoms with Gasteiger partial charge in [0.05, 0.1) is 0 Å². The number of hydrogen-bond donors (Lipinski definition) is 0. The maximum absolute atomic E-state index is 12.9. The summed E-state index contributed by atoms with van der Waals surface area (Å²) in [7, 11) is 0. The van der Waals surface area contributed by atoms with Crippen LogP contribution in [-0.2, 0) is 16.0 Å². The number of halogens is 1. The van der Waals surface area contributed by atoms with Crippen molar-refractivity contribution in [2.24, 2.45) is 0 Å². The summed E-state index contributed by atoms with van der Waals surface area (Å²) in [4.78, 5) is 30.8. The Morgan fingerprint density at radius 3 is 1.92 bits per heavy atom. The predicted octanol–water partition coefficient (Wildman–Crippen LogP) is 1.91. The Hall–Kier alpha value is -1.95. The number of rotatable bonds is 6. The maximum atomic E-state index is 12.9. The molecule has 0 saturated carbocycles. The lowest BCUT2D eigenvalue weighted by Gasteiger charge is -2.35. The van der Waals surface area contributed by atoms with Crippen molar-refractivity contribution in [1.82, 2.24) is 14.7 Å². The largest absolute Gasteiger partial charge is 0.339 e. The first kappa shape index (κ1) is 18.8. The normalized spacial score (nSPS) is 18.3. The molecule has 26 heavy (non-hydrogen) atoms. The van der Waals surface area contributed by atoms with Crippen LogP contribution < -0.4 is 0 Å². The molecule has 0 bridgehead atoms. The Balaban J connectivity index is 1.36. The van der Waals surface area contributed by atoms with Crippen molar-refractivity contribution in [3.8, 4) is 0 Å². The van der Waals surface area contributed by atoms with E-state index >= 15 is 0 Å². The number of hydrogen-bond acceptors (Lipinski definition) is 3. The first-order valence-electron chi connectivity index (χ1n) is 9.64. The van der Waals surface area contributed by atoms with Gasteiger partial charge in [-0.25, -0.2) is 4.39 Å². The highest BCUT2D eigenvalue weighted by atomic mass is 19.1. The van der Waals surface area contributed by atoms with Crippen LogP contribution >= 0.6 is 0 Å². The zero-order valence-electron chi connectivity index (χ0n) is 15.3. The highest BCUT2D eigenvalue weighted by molar-refractivity contribution is 5.78. The molecular weight excluding hydrogens is 333 g/mol. The number of nitrogens with zero attached hydrogens (tertiary/aromatic N) is 3. The molecule has 0 aromatic heterocycles. The Bertz CT molecular complexity index is 606. The number of piperazine rings is 1. The summed E-state index contributed by atoms with van der Waals surface area (Å²) in [5, 5.41) is 0. The quantitative estimate of drug-likeness (QED) is 0.778. The molecule has 0 spiro atoms. The van der Waals surface area contributed by atoms with Crippen molar-refractivity contribution in [2.45, 2.75) is 32.1 Å². The molecule has 0 unspecified atom stereocenters. The summed E-state index contributed by atoms with van der Waals surface area (Å²) in [6.07, 6.45) is 4.11. The average Bonchev–Trinajstić information content (AvgIpc) is 3.19. The molecule has 1 aromatic carbocycles. The fourth-order valence-electron chi connectivity index (χ4n) is 3.68. The second-order valence-corrected chi connectivity index (χ2v) is 7.19. The van der Waals surface area contributed by atoms with Gasteiger partial charge < -0.3 is 14.7 Å². The SMILES string of the molecule is O=C(CCc1ccc(F)cc1)N1CCN(C(=O)CCN2CCCC2)CC1. The molecule has 0 atom stereocenters. The number of benzene rings is 1. The van der Waals surface area contributed by atoms with Gasteiger partial charge >= 0.3 is 0 Å². The van der Waals surface area contributed by atoms with Crippen LogP contribution in [0.25, 0.3) is 0 Å². The minimum Gasteiger partial charge on any atom is -0.339 e. The van der Waals surface area contributed by atoms with E-state index in [2.05, 4.69) is 4.90 Å². The summed E-state index contributed by atoms with van der Waals surface area (Å²) < 4.78 is 12.9. The molecule has 2 fully saturated rings. The van der Waals surface area contributed by atoms with Gasteiger partial charge in [0.15, 0.2) is 0 Å². The summed E-state index contributed by atoms with van der Waals surface area (Å²) in [6, 6.07) is 6.29. The molecule has 0 N–H and O–H groups in total. The van der Waals surface area contributed by atoms with E-state index in [-0.39, 0.29) is 17.6 Å². The number of aryl methyl sites for hydroxylation is 1. The highest BCUT2D eigenvalue weighted by Gasteiger charge is 2.24. The molecule has 1 aromatic rings. The molecule has 0 radical (unpaired) electrons. The number of carbonyl (C=O) groups is 2. The zero-order chi connectivity index (χ0) is 18.4. The second kappa shape index (κ2) is 9.12. The Kier molecular flexibility index (Phi) is 6.61. The van der Waals surface area contributed by atoms with Crippen molar-refractivity contribution >= 4 is 11.8 Å². The van der Waals surface area contributed by atoms with E-state index in [0.29, 0.717) is 45.4 Å². The molecule has 6 heteroatoms. The third-order valence-corrected chi connectivity index (χ3v) is 5.37. The first-order chi connectivity index (χ1) is 12.6. The molecule has 142 valence electrons. The molecule has 2 heterocycles. The van der Waals surface area contributed by atoms with Crippen LogP contribution in [0.4, 0.5) is 4.39 Å². The van der Waals surface area contributed by atoms with E-state index in [1.807, 2.05) is 9.80 Å². The molecule has 2 aliphatic heterocycles. The van der Waals surface area contributed by atoms with Crippen LogP contribution in [0.15, 0.2) is 24.3 Å². The summed E-state index contributed by atoms with van der Waals surface area (Å²) in [5.74, 6) is 0.0550. The number of amides is 2. The van der Waals surface area contributed by atoms with E-state index in [4.69, 9.17) is 0 Å². The highest BCUT2D eigenvalue weighted by Crippen LogP contribution is 2.11. The van der Waals surface area contributed by atoms with Crippen molar-refractivity contribution in [3.05, 3.63) is 35.6 Å². The minimum absolute atomic E-state index is 0.110. The van der Waals surface area contributed by atoms with Crippen molar-refractivity contribution in [3.63, 3.8) is 0 Å². The summed E-state index contributed by atoms with van der Waals surface area (Å²) in [5.41, 5.74) is 0.968. The smallest absolute Gasteiger partial charge is 0.223 e. The van der Waals surface area contributed by atoms with Gasteiger partial charge in [-0.2, -0.15) is 0 Å². The van der Waals surface area contributed by atoms with Gasteiger partial charge in [-0.15, -0.1) is 0 Å². The van der Waals surface area contributed by atoms with E-state index < -0.39 is 0 Å². The molecule has 2 amide bonds. The lowest BCUT2D eigenvalue weighted by atomic mass is 10.1. The summed E-state index contributed by atoms with van der Waals surface area (Å²) >= 11 is 0. The molecular formula is C20H28FN3O2. The van der Waals surface area contributed by atoms with Crippen LogP contribution in [0.5, 0.6) is 0 Å².